The topological polar surface area (TPSA) is 9.23 Å². The fourth-order valence-electron chi connectivity index (χ4n) is 0.654. The Hall–Kier alpha value is -0.460. The fourth-order valence-corrected chi connectivity index (χ4v) is 0.654. The molecular formula is C11H22O. The van der Waals surface area contributed by atoms with Crippen LogP contribution in [0.1, 0.15) is 48.0 Å². The summed E-state index contributed by atoms with van der Waals surface area (Å²) < 4.78 is 5.44. The lowest BCUT2D eigenvalue weighted by Crippen LogP contribution is -2.15. The largest absolute Gasteiger partial charge is 0.496 e. The van der Waals surface area contributed by atoms with Gasteiger partial charge in [0, 0.05) is 0 Å². The maximum absolute atomic E-state index is 5.44. The predicted octanol–water partition coefficient (Wildman–Crippen LogP) is 3.75. The van der Waals surface area contributed by atoms with Crippen molar-refractivity contribution >= 4 is 0 Å². The zero-order valence-corrected chi connectivity index (χ0v) is 9.27. The van der Waals surface area contributed by atoms with Gasteiger partial charge in [-0.2, -0.15) is 0 Å². The first-order chi connectivity index (χ1) is 5.21. The monoisotopic (exact) mass is 170 g/mol. The van der Waals surface area contributed by atoms with Gasteiger partial charge < -0.3 is 4.74 Å². The molecule has 0 fully saturated rings. The van der Waals surface area contributed by atoms with Crippen molar-refractivity contribution in [2.45, 2.75) is 53.6 Å². The highest BCUT2D eigenvalue weighted by Gasteiger charge is 2.09. The minimum absolute atomic E-state index is 0.0611. The Morgan fingerprint density at radius 3 is 1.83 bits per heavy atom. The molecule has 0 aromatic carbocycles. The van der Waals surface area contributed by atoms with Crippen LogP contribution in [0.4, 0.5) is 0 Å². The van der Waals surface area contributed by atoms with Crippen molar-refractivity contribution in [3.05, 3.63) is 12.3 Å². The van der Waals surface area contributed by atoms with Crippen molar-refractivity contribution in [3.63, 3.8) is 0 Å². The molecule has 0 amide bonds. The summed E-state index contributed by atoms with van der Waals surface area (Å²) in [5.74, 6) is 0. The number of hydrogen-bond acceptors (Lipinski definition) is 1. The van der Waals surface area contributed by atoms with Crippen molar-refractivity contribution in [1.82, 2.24) is 0 Å². The summed E-state index contributed by atoms with van der Waals surface area (Å²) in [5.41, 5.74) is 0.298. The molecule has 0 radical (unpaired) electrons. The van der Waals surface area contributed by atoms with E-state index in [4.69, 9.17) is 4.74 Å². The van der Waals surface area contributed by atoms with Crippen molar-refractivity contribution in [3.8, 4) is 0 Å². The third-order valence-electron chi connectivity index (χ3n) is 1.25. The first-order valence-corrected chi connectivity index (χ1v) is 4.53. The van der Waals surface area contributed by atoms with Crippen LogP contribution in [0.15, 0.2) is 12.3 Å². The van der Waals surface area contributed by atoms with Crippen LogP contribution < -0.4 is 0 Å². The zero-order chi connectivity index (χ0) is 9.83. The molecule has 0 aromatic rings. The smallest absolute Gasteiger partial charge is 0.0998 e. The van der Waals surface area contributed by atoms with Crippen molar-refractivity contribution in [1.29, 1.82) is 0 Å². The van der Waals surface area contributed by atoms with Gasteiger partial charge in [0.1, 0.15) is 0 Å². The van der Waals surface area contributed by atoms with Gasteiger partial charge in [-0.3, -0.25) is 0 Å². The maximum atomic E-state index is 5.44. The predicted molar refractivity (Wildman–Crippen MR) is 54.1 cm³/mol. The van der Waals surface area contributed by atoms with Gasteiger partial charge in [-0.25, -0.2) is 0 Å². The molecule has 1 heteroatoms. The van der Waals surface area contributed by atoms with E-state index >= 15 is 0 Å². The molecule has 1 nitrogen and oxygen atoms in total. The third-order valence-corrected chi connectivity index (χ3v) is 1.25. The van der Waals surface area contributed by atoms with Gasteiger partial charge in [-0.15, -0.1) is 0 Å². The van der Waals surface area contributed by atoms with E-state index in [1.807, 2.05) is 6.26 Å². The first kappa shape index (κ1) is 11.5. The van der Waals surface area contributed by atoms with Crippen LogP contribution in [0.25, 0.3) is 0 Å². The molecule has 0 aliphatic heterocycles. The van der Waals surface area contributed by atoms with E-state index in [0.717, 1.165) is 6.42 Å². The van der Waals surface area contributed by atoms with Crippen LogP contribution in [-0.4, -0.2) is 5.60 Å². The lowest BCUT2D eigenvalue weighted by molar-refractivity contribution is 0.0757. The lowest BCUT2D eigenvalue weighted by atomic mass is 9.92. The quantitative estimate of drug-likeness (QED) is 0.573. The van der Waals surface area contributed by atoms with Crippen LogP contribution >= 0.6 is 0 Å². The van der Waals surface area contributed by atoms with Gasteiger partial charge in [0.15, 0.2) is 0 Å². The molecule has 0 N–H and O–H groups in total. The molecule has 0 bridgehead atoms. The summed E-state index contributed by atoms with van der Waals surface area (Å²) in [4.78, 5) is 0. The fraction of sp³-hybridized carbons (Fsp3) is 0.818. The standard InChI is InChI=1S/C11H22O/c1-10(2,3)8-7-9-12-11(4,5)6/h7,9H,8H2,1-6H3/b9-7+. The van der Waals surface area contributed by atoms with E-state index in [0.29, 0.717) is 5.41 Å². The molecule has 0 saturated heterocycles. The number of ether oxygens (including phenoxy) is 1. The molecule has 0 atom stereocenters. The van der Waals surface area contributed by atoms with Gasteiger partial charge in [0.2, 0.25) is 0 Å². The van der Waals surface area contributed by atoms with Crippen molar-refractivity contribution in [2.75, 3.05) is 0 Å². The molecular weight excluding hydrogens is 148 g/mol. The Labute approximate surface area is 76.8 Å². The van der Waals surface area contributed by atoms with E-state index in [-0.39, 0.29) is 5.60 Å². The maximum Gasteiger partial charge on any atom is 0.0998 e. The van der Waals surface area contributed by atoms with E-state index in [2.05, 4.69) is 47.6 Å². The molecule has 0 heterocycles. The summed E-state index contributed by atoms with van der Waals surface area (Å²) in [6, 6.07) is 0. The molecule has 12 heavy (non-hydrogen) atoms. The lowest BCUT2D eigenvalue weighted by Gasteiger charge is -2.19. The molecule has 72 valence electrons. The Bertz CT molecular complexity index is 125. The van der Waals surface area contributed by atoms with E-state index in [9.17, 15) is 0 Å². The average molecular weight is 170 g/mol. The average Bonchev–Trinajstić information content (AvgIpc) is 1.76. The van der Waals surface area contributed by atoms with E-state index in [1.54, 1.807) is 0 Å². The molecule has 0 unspecified atom stereocenters. The van der Waals surface area contributed by atoms with Crippen LogP contribution in [0.5, 0.6) is 0 Å². The van der Waals surface area contributed by atoms with Crippen LogP contribution in [0, 0.1) is 5.41 Å². The van der Waals surface area contributed by atoms with Crippen molar-refractivity contribution < 1.29 is 4.74 Å². The molecule has 0 rings (SSSR count). The molecule has 0 aromatic heterocycles. The summed E-state index contributed by atoms with van der Waals surface area (Å²) in [6.07, 6.45) is 4.96. The number of hydrogen-bond donors (Lipinski definition) is 0. The minimum Gasteiger partial charge on any atom is -0.496 e. The summed E-state index contributed by atoms with van der Waals surface area (Å²) in [7, 11) is 0. The van der Waals surface area contributed by atoms with Gasteiger partial charge in [0.05, 0.1) is 11.9 Å². The van der Waals surface area contributed by atoms with Crippen LogP contribution in [-0.2, 0) is 4.74 Å². The highest BCUT2D eigenvalue weighted by molar-refractivity contribution is 4.81. The Kier molecular flexibility index (Phi) is 3.82. The minimum atomic E-state index is -0.0611. The SMILES string of the molecule is CC(C)(C)C/C=C/OC(C)(C)C. The van der Waals surface area contributed by atoms with Crippen LogP contribution in [0.3, 0.4) is 0 Å². The molecule has 0 aliphatic rings. The first-order valence-electron chi connectivity index (χ1n) is 4.53. The van der Waals surface area contributed by atoms with Crippen molar-refractivity contribution in [2.24, 2.45) is 5.41 Å². The van der Waals surface area contributed by atoms with Gasteiger partial charge in [-0.05, 0) is 38.7 Å². The Balaban J connectivity index is 3.66. The Morgan fingerprint density at radius 2 is 1.50 bits per heavy atom. The second-order valence-corrected chi connectivity index (χ2v) is 5.37. The zero-order valence-electron chi connectivity index (χ0n) is 9.27. The Morgan fingerprint density at radius 1 is 1.00 bits per heavy atom. The summed E-state index contributed by atoms with van der Waals surface area (Å²) in [5, 5.41) is 0. The molecule has 0 aliphatic carbocycles. The van der Waals surface area contributed by atoms with Gasteiger partial charge >= 0.3 is 0 Å². The van der Waals surface area contributed by atoms with E-state index < -0.39 is 0 Å². The summed E-state index contributed by atoms with van der Waals surface area (Å²) in [6.45, 7) is 12.8. The van der Waals surface area contributed by atoms with E-state index in [1.165, 1.54) is 0 Å². The molecule has 0 spiro atoms. The van der Waals surface area contributed by atoms with Gasteiger partial charge in [0.25, 0.3) is 0 Å². The second kappa shape index (κ2) is 3.97. The molecule has 0 saturated carbocycles. The third kappa shape index (κ3) is 9.54. The van der Waals surface area contributed by atoms with Gasteiger partial charge in [-0.1, -0.05) is 20.8 Å². The summed E-state index contributed by atoms with van der Waals surface area (Å²) >= 11 is 0. The normalized spacial score (nSPS) is 13.8. The number of allylic oxidation sites excluding steroid dienone is 1. The highest BCUT2D eigenvalue weighted by Crippen LogP contribution is 2.19. The number of rotatable bonds is 2. The highest BCUT2D eigenvalue weighted by atomic mass is 16.5. The second-order valence-electron chi connectivity index (χ2n) is 5.37. The van der Waals surface area contributed by atoms with Crippen LogP contribution in [0.2, 0.25) is 0 Å².